The number of rotatable bonds is 6. The van der Waals surface area contributed by atoms with E-state index in [1.807, 2.05) is 13.8 Å². The monoisotopic (exact) mass is 289 g/mol. The summed E-state index contributed by atoms with van der Waals surface area (Å²) in [5.74, 6) is -1.17. The first-order valence-corrected chi connectivity index (χ1v) is 7.40. The lowest BCUT2D eigenvalue weighted by Crippen LogP contribution is -2.32. The molecule has 7 nitrogen and oxygen atoms in total. The van der Waals surface area contributed by atoms with Gasteiger partial charge in [-0.05, 0) is 12.8 Å². The first-order valence-electron chi connectivity index (χ1n) is 5.96. The lowest BCUT2D eigenvalue weighted by atomic mass is 10.1. The molecular formula is C11H19N3O4S. The summed E-state index contributed by atoms with van der Waals surface area (Å²) in [5.41, 5.74) is -0.234. The number of nitrogens with one attached hydrogen (secondary N) is 1. The normalized spacial score (nSPS) is 13.7. The van der Waals surface area contributed by atoms with Crippen LogP contribution in [0.3, 0.4) is 0 Å². The van der Waals surface area contributed by atoms with Gasteiger partial charge in [-0.1, -0.05) is 20.3 Å². The van der Waals surface area contributed by atoms with E-state index in [1.54, 1.807) is 0 Å². The van der Waals surface area contributed by atoms with E-state index >= 15 is 0 Å². The van der Waals surface area contributed by atoms with Crippen molar-refractivity contribution in [2.24, 2.45) is 5.92 Å². The molecule has 1 aromatic heterocycles. The zero-order chi connectivity index (χ0) is 14.8. The van der Waals surface area contributed by atoms with Gasteiger partial charge >= 0.3 is 5.97 Å². The third kappa shape index (κ3) is 3.13. The van der Waals surface area contributed by atoms with Crippen LogP contribution >= 0.6 is 0 Å². The number of carboxylic acids is 1. The maximum absolute atomic E-state index is 12.4. The van der Waals surface area contributed by atoms with Crippen LogP contribution in [0.15, 0.2) is 4.90 Å². The van der Waals surface area contributed by atoms with Crippen molar-refractivity contribution in [3.63, 3.8) is 0 Å². The predicted octanol–water partition coefficient (Wildman–Crippen LogP) is 1.08. The van der Waals surface area contributed by atoms with E-state index in [9.17, 15) is 13.2 Å². The summed E-state index contributed by atoms with van der Waals surface area (Å²) in [7, 11) is -2.40. The number of nitrogens with zero attached hydrogens (tertiary/aromatic N) is 2. The third-order valence-electron chi connectivity index (χ3n) is 3.03. The minimum absolute atomic E-state index is 0.195. The van der Waals surface area contributed by atoms with Gasteiger partial charge in [-0.15, -0.1) is 0 Å². The van der Waals surface area contributed by atoms with Crippen molar-refractivity contribution >= 4 is 16.0 Å². The molecular weight excluding hydrogens is 270 g/mol. The van der Waals surface area contributed by atoms with Gasteiger partial charge in [0, 0.05) is 13.6 Å². The molecule has 0 radical (unpaired) electrons. The summed E-state index contributed by atoms with van der Waals surface area (Å²) in [6, 6.07) is 0. The lowest BCUT2D eigenvalue weighted by molar-refractivity contribution is 0.0686. The molecule has 1 aromatic rings. The van der Waals surface area contributed by atoms with Crippen molar-refractivity contribution in [2.45, 2.75) is 32.1 Å². The molecule has 0 aromatic carbocycles. The fourth-order valence-corrected chi connectivity index (χ4v) is 3.27. The van der Waals surface area contributed by atoms with Crippen LogP contribution in [0.5, 0.6) is 0 Å². The van der Waals surface area contributed by atoms with Gasteiger partial charge in [0.2, 0.25) is 10.0 Å². The van der Waals surface area contributed by atoms with Crippen molar-refractivity contribution in [2.75, 3.05) is 13.6 Å². The van der Waals surface area contributed by atoms with E-state index in [1.165, 1.54) is 18.3 Å². The van der Waals surface area contributed by atoms with E-state index in [0.29, 0.717) is 6.54 Å². The topological polar surface area (TPSA) is 103 Å². The molecule has 0 spiro atoms. The smallest absolute Gasteiger partial charge is 0.357 e. The van der Waals surface area contributed by atoms with Gasteiger partial charge in [-0.3, -0.25) is 5.10 Å². The fourth-order valence-electron chi connectivity index (χ4n) is 1.70. The van der Waals surface area contributed by atoms with Gasteiger partial charge in [0.15, 0.2) is 5.69 Å². The first-order chi connectivity index (χ1) is 8.71. The number of hydrogen-bond acceptors (Lipinski definition) is 4. The summed E-state index contributed by atoms with van der Waals surface area (Å²) < 4.78 is 26.0. The number of hydrogen-bond donors (Lipinski definition) is 2. The molecule has 0 aliphatic carbocycles. The Labute approximate surface area is 112 Å². The molecule has 108 valence electrons. The maximum atomic E-state index is 12.4. The van der Waals surface area contributed by atoms with E-state index in [2.05, 4.69) is 10.2 Å². The Bertz CT molecular complexity index is 564. The van der Waals surface area contributed by atoms with Crippen molar-refractivity contribution < 1.29 is 18.3 Å². The molecule has 0 bridgehead atoms. The lowest BCUT2D eigenvalue weighted by Gasteiger charge is -2.20. The molecule has 2 N–H and O–H groups in total. The minimum atomic E-state index is -3.85. The number of sulfonamides is 1. The van der Waals surface area contributed by atoms with Crippen LogP contribution < -0.4 is 0 Å². The molecule has 1 unspecified atom stereocenters. The Morgan fingerprint density at radius 2 is 2.11 bits per heavy atom. The van der Waals surface area contributed by atoms with E-state index < -0.39 is 21.7 Å². The molecule has 0 amide bonds. The second-order valence-electron chi connectivity index (χ2n) is 4.63. The Hall–Kier alpha value is -1.41. The molecule has 0 saturated heterocycles. The predicted molar refractivity (Wildman–Crippen MR) is 69.6 cm³/mol. The van der Waals surface area contributed by atoms with Crippen molar-refractivity contribution in [3.05, 3.63) is 11.4 Å². The molecule has 1 heterocycles. The average Bonchev–Trinajstić information content (AvgIpc) is 2.71. The molecule has 1 atom stereocenters. The number of aromatic carboxylic acids is 1. The molecule has 0 aliphatic rings. The quantitative estimate of drug-likeness (QED) is 0.815. The zero-order valence-electron chi connectivity index (χ0n) is 11.5. The number of carbonyl (C=O) groups is 1. The number of aryl methyl sites for hydroxylation is 1. The van der Waals surface area contributed by atoms with Gasteiger partial charge in [0.05, 0.1) is 5.69 Å². The summed E-state index contributed by atoms with van der Waals surface area (Å²) in [5, 5.41) is 14.9. The SMILES string of the molecule is CCC(C)CN(C)S(=O)(=O)c1c(C(=O)O)n[nH]c1C. The highest BCUT2D eigenvalue weighted by Crippen LogP contribution is 2.22. The summed E-state index contributed by atoms with van der Waals surface area (Å²) in [6.07, 6.45) is 0.843. The Balaban J connectivity index is 3.20. The Morgan fingerprint density at radius 1 is 1.53 bits per heavy atom. The highest BCUT2D eigenvalue weighted by atomic mass is 32.2. The Morgan fingerprint density at radius 3 is 2.58 bits per heavy atom. The van der Waals surface area contributed by atoms with E-state index in [4.69, 9.17) is 5.11 Å². The van der Waals surface area contributed by atoms with Crippen LogP contribution in [0, 0.1) is 12.8 Å². The standard InChI is InChI=1S/C11H19N3O4S/c1-5-7(2)6-14(4)19(17,18)10-8(3)12-13-9(10)11(15)16/h7H,5-6H2,1-4H3,(H,12,13)(H,15,16). The van der Waals surface area contributed by atoms with Gasteiger partial charge in [-0.2, -0.15) is 5.10 Å². The highest BCUT2D eigenvalue weighted by Gasteiger charge is 2.31. The van der Waals surface area contributed by atoms with Crippen LogP contribution in [0.4, 0.5) is 0 Å². The van der Waals surface area contributed by atoms with Gasteiger partial charge < -0.3 is 5.11 Å². The average molecular weight is 289 g/mol. The summed E-state index contributed by atoms with van der Waals surface area (Å²) in [4.78, 5) is 10.8. The number of carboxylic acid groups (broad SMARTS) is 1. The fraction of sp³-hybridized carbons (Fsp3) is 0.636. The third-order valence-corrected chi connectivity index (χ3v) is 5.01. The van der Waals surface area contributed by atoms with E-state index in [0.717, 1.165) is 6.42 Å². The number of aromatic amines is 1. The second kappa shape index (κ2) is 5.70. The first kappa shape index (κ1) is 15.6. The summed E-state index contributed by atoms with van der Waals surface area (Å²) in [6.45, 7) is 5.73. The number of H-pyrrole nitrogens is 1. The minimum Gasteiger partial charge on any atom is -0.476 e. The molecule has 0 fully saturated rings. The van der Waals surface area contributed by atoms with Crippen LogP contribution in [-0.2, 0) is 10.0 Å². The van der Waals surface area contributed by atoms with Gasteiger partial charge in [0.25, 0.3) is 0 Å². The van der Waals surface area contributed by atoms with Gasteiger partial charge in [0.1, 0.15) is 4.90 Å². The zero-order valence-corrected chi connectivity index (χ0v) is 12.3. The Kier molecular flexibility index (Phi) is 4.70. The van der Waals surface area contributed by atoms with Crippen molar-refractivity contribution in [3.8, 4) is 0 Å². The summed E-state index contributed by atoms with van der Waals surface area (Å²) >= 11 is 0. The largest absolute Gasteiger partial charge is 0.476 e. The second-order valence-corrected chi connectivity index (χ2v) is 6.61. The van der Waals surface area contributed by atoms with Crippen LogP contribution in [0.25, 0.3) is 0 Å². The number of aromatic nitrogens is 2. The molecule has 0 aliphatic heterocycles. The molecule has 1 rings (SSSR count). The molecule has 19 heavy (non-hydrogen) atoms. The molecule has 0 saturated carbocycles. The van der Waals surface area contributed by atoms with E-state index in [-0.39, 0.29) is 16.5 Å². The van der Waals surface area contributed by atoms with Crippen LogP contribution in [0.2, 0.25) is 0 Å². The molecule has 8 heteroatoms. The van der Waals surface area contributed by atoms with Crippen molar-refractivity contribution in [1.82, 2.24) is 14.5 Å². The van der Waals surface area contributed by atoms with Gasteiger partial charge in [-0.25, -0.2) is 17.5 Å². The van der Waals surface area contributed by atoms with Crippen molar-refractivity contribution in [1.29, 1.82) is 0 Å². The van der Waals surface area contributed by atoms with Crippen LogP contribution in [0.1, 0.15) is 36.5 Å². The highest BCUT2D eigenvalue weighted by molar-refractivity contribution is 7.89. The maximum Gasteiger partial charge on any atom is 0.357 e. The van der Waals surface area contributed by atoms with Crippen LogP contribution in [-0.4, -0.2) is 47.6 Å².